The van der Waals surface area contributed by atoms with E-state index in [1.54, 1.807) is 6.20 Å². The van der Waals surface area contributed by atoms with Crippen LogP contribution in [0.1, 0.15) is 12.0 Å². The second kappa shape index (κ2) is 6.16. The predicted molar refractivity (Wildman–Crippen MR) is 93.1 cm³/mol. The molecule has 2 heterocycles. The molecular formula is C20H16N2O2. The number of fused-ring (bicyclic) bond motifs is 1. The molecule has 0 atom stereocenters. The first-order chi connectivity index (χ1) is 11.8. The quantitative estimate of drug-likeness (QED) is 0.778. The number of amides is 1. The molecule has 1 aromatic heterocycles. The minimum atomic E-state index is 0.0438. The number of pyridine rings is 1. The third-order valence-corrected chi connectivity index (χ3v) is 4.04. The van der Waals surface area contributed by atoms with Gasteiger partial charge in [-0.2, -0.15) is 0 Å². The van der Waals surface area contributed by atoms with Crippen LogP contribution in [0.25, 0.3) is 11.1 Å². The molecule has 3 aromatic rings. The first-order valence-corrected chi connectivity index (χ1v) is 7.90. The number of rotatable bonds is 3. The van der Waals surface area contributed by atoms with E-state index in [1.807, 2.05) is 54.7 Å². The molecule has 4 rings (SSSR count). The summed E-state index contributed by atoms with van der Waals surface area (Å²) < 4.78 is 6.09. The Morgan fingerprint density at radius 2 is 1.88 bits per heavy atom. The van der Waals surface area contributed by atoms with Crippen LogP contribution in [0.15, 0.2) is 67.0 Å². The van der Waals surface area contributed by atoms with Gasteiger partial charge in [0.05, 0.1) is 0 Å². The maximum atomic E-state index is 11.7. The third-order valence-electron chi connectivity index (χ3n) is 4.04. The van der Waals surface area contributed by atoms with Gasteiger partial charge in [0.15, 0.2) is 0 Å². The van der Waals surface area contributed by atoms with Crippen LogP contribution in [0.3, 0.4) is 0 Å². The SMILES string of the molecule is O=C1CCc2cc(-c3cccnc3)c(Oc3ccccc3)cc2N1. The average molecular weight is 316 g/mol. The third kappa shape index (κ3) is 2.86. The monoisotopic (exact) mass is 316 g/mol. The highest BCUT2D eigenvalue weighted by Gasteiger charge is 2.19. The standard InChI is InChI=1S/C20H16N2O2/c23-20-9-8-14-11-17(15-5-4-10-21-13-15)19(12-18(14)22-20)24-16-6-2-1-3-7-16/h1-7,10-13H,8-9H2,(H,22,23). The van der Waals surface area contributed by atoms with Crippen LogP contribution in [0, 0.1) is 0 Å². The number of aromatic nitrogens is 1. The van der Waals surface area contributed by atoms with Crippen LogP contribution >= 0.6 is 0 Å². The van der Waals surface area contributed by atoms with E-state index >= 15 is 0 Å². The molecule has 0 saturated carbocycles. The van der Waals surface area contributed by atoms with Gasteiger partial charge in [0.1, 0.15) is 11.5 Å². The summed E-state index contributed by atoms with van der Waals surface area (Å²) in [5.74, 6) is 1.50. The largest absolute Gasteiger partial charge is 0.457 e. The zero-order valence-corrected chi connectivity index (χ0v) is 13.0. The minimum absolute atomic E-state index is 0.0438. The highest BCUT2D eigenvalue weighted by atomic mass is 16.5. The Bertz CT molecular complexity index is 877. The molecule has 1 N–H and O–H groups in total. The Balaban J connectivity index is 1.82. The van der Waals surface area contributed by atoms with Crippen LogP contribution in [-0.2, 0) is 11.2 Å². The summed E-state index contributed by atoms with van der Waals surface area (Å²) in [7, 11) is 0. The second-order valence-corrected chi connectivity index (χ2v) is 5.71. The Kier molecular flexibility index (Phi) is 3.71. The molecule has 0 saturated heterocycles. The number of nitrogens with zero attached hydrogens (tertiary/aromatic N) is 1. The summed E-state index contributed by atoms with van der Waals surface area (Å²) in [5, 5.41) is 2.93. The molecule has 118 valence electrons. The number of ether oxygens (including phenoxy) is 1. The number of aryl methyl sites for hydroxylation is 1. The van der Waals surface area contributed by atoms with Crippen molar-refractivity contribution in [2.75, 3.05) is 5.32 Å². The van der Waals surface area contributed by atoms with E-state index in [9.17, 15) is 4.79 Å². The zero-order chi connectivity index (χ0) is 16.4. The zero-order valence-electron chi connectivity index (χ0n) is 13.0. The van der Waals surface area contributed by atoms with Crippen LogP contribution in [0.5, 0.6) is 11.5 Å². The molecule has 0 radical (unpaired) electrons. The fourth-order valence-corrected chi connectivity index (χ4v) is 2.86. The number of benzene rings is 2. The molecule has 24 heavy (non-hydrogen) atoms. The number of carbonyl (C=O) groups excluding carboxylic acids is 1. The van der Waals surface area contributed by atoms with E-state index in [4.69, 9.17) is 4.74 Å². The van der Waals surface area contributed by atoms with Gasteiger partial charge in [-0.25, -0.2) is 0 Å². The number of nitrogens with one attached hydrogen (secondary N) is 1. The lowest BCUT2D eigenvalue weighted by atomic mass is 9.96. The molecule has 0 aliphatic carbocycles. The highest BCUT2D eigenvalue weighted by Crippen LogP contribution is 2.39. The Morgan fingerprint density at radius 1 is 1.00 bits per heavy atom. The van der Waals surface area contributed by atoms with Crippen molar-refractivity contribution in [1.82, 2.24) is 4.98 Å². The van der Waals surface area contributed by atoms with Crippen molar-refractivity contribution in [1.29, 1.82) is 0 Å². The number of hydrogen-bond acceptors (Lipinski definition) is 3. The van der Waals surface area contributed by atoms with E-state index in [2.05, 4.69) is 16.4 Å². The second-order valence-electron chi connectivity index (χ2n) is 5.71. The maximum Gasteiger partial charge on any atom is 0.224 e. The van der Waals surface area contributed by atoms with Gasteiger partial charge in [0, 0.05) is 41.7 Å². The van der Waals surface area contributed by atoms with Crippen LogP contribution in [0.2, 0.25) is 0 Å². The predicted octanol–water partition coefficient (Wildman–Crippen LogP) is 4.43. The van der Waals surface area contributed by atoms with E-state index in [-0.39, 0.29) is 5.91 Å². The first kappa shape index (κ1) is 14.5. The van der Waals surface area contributed by atoms with Crippen molar-refractivity contribution < 1.29 is 9.53 Å². The molecule has 1 aliphatic heterocycles. The summed E-state index contributed by atoms with van der Waals surface area (Å²) in [6, 6.07) is 17.5. The fourth-order valence-electron chi connectivity index (χ4n) is 2.86. The van der Waals surface area contributed by atoms with Crippen LogP contribution < -0.4 is 10.1 Å². The molecule has 1 amide bonds. The Morgan fingerprint density at radius 3 is 2.67 bits per heavy atom. The van der Waals surface area contributed by atoms with E-state index in [1.165, 1.54) is 0 Å². The van der Waals surface area contributed by atoms with Crippen molar-refractivity contribution >= 4 is 11.6 Å². The molecule has 4 nitrogen and oxygen atoms in total. The summed E-state index contributed by atoms with van der Waals surface area (Å²) in [6.07, 6.45) is 4.82. The lowest BCUT2D eigenvalue weighted by Gasteiger charge is -2.20. The smallest absolute Gasteiger partial charge is 0.224 e. The van der Waals surface area contributed by atoms with Gasteiger partial charge in [-0.15, -0.1) is 0 Å². The number of hydrogen-bond donors (Lipinski definition) is 1. The molecule has 2 aromatic carbocycles. The minimum Gasteiger partial charge on any atom is -0.457 e. The van der Waals surface area contributed by atoms with Gasteiger partial charge in [0.2, 0.25) is 5.91 Å². The topological polar surface area (TPSA) is 51.2 Å². The fraction of sp³-hybridized carbons (Fsp3) is 0.100. The van der Waals surface area contributed by atoms with Crippen LogP contribution in [-0.4, -0.2) is 10.9 Å². The summed E-state index contributed by atoms with van der Waals surface area (Å²) in [5.41, 5.74) is 3.91. The van der Waals surface area contributed by atoms with Gasteiger partial charge in [-0.1, -0.05) is 24.3 Å². The number of para-hydroxylation sites is 1. The van der Waals surface area contributed by atoms with Gasteiger partial charge in [0.25, 0.3) is 0 Å². The van der Waals surface area contributed by atoms with E-state index < -0.39 is 0 Å². The summed E-state index contributed by atoms with van der Waals surface area (Å²) in [4.78, 5) is 15.9. The molecule has 0 unspecified atom stereocenters. The van der Waals surface area contributed by atoms with E-state index in [0.717, 1.165) is 34.5 Å². The summed E-state index contributed by atoms with van der Waals surface area (Å²) in [6.45, 7) is 0. The van der Waals surface area contributed by atoms with Crippen molar-refractivity contribution in [3.8, 4) is 22.6 Å². The molecule has 0 bridgehead atoms. The maximum absolute atomic E-state index is 11.7. The molecule has 0 spiro atoms. The molecule has 0 fully saturated rings. The van der Waals surface area contributed by atoms with Gasteiger partial charge in [-0.05, 0) is 36.2 Å². The highest BCUT2D eigenvalue weighted by molar-refractivity contribution is 5.95. The van der Waals surface area contributed by atoms with Gasteiger partial charge < -0.3 is 10.1 Å². The van der Waals surface area contributed by atoms with Crippen molar-refractivity contribution in [3.05, 3.63) is 72.6 Å². The van der Waals surface area contributed by atoms with E-state index in [0.29, 0.717) is 12.2 Å². The lowest BCUT2D eigenvalue weighted by molar-refractivity contribution is -0.116. The normalized spacial score (nSPS) is 13.1. The van der Waals surface area contributed by atoms with Crippen molar-refractivity contribution in [3.63, 3.8) is 0 Å². The van der Waals surface area contributed by atoms with Crippen LogP contribution in [0.4, 0.5) is 5.69 Å². The summed E-state index contributed by atoms with van der Waals surface area (Å²) >= 11 is 0. The number of anilines is 1. The lowest BCUT2D eigenvalue weighted by Crippen LogP contribution is -2.19. The van der Waals surface area contributed by atoms with Crippen molar-refractivity contribution in [2.45, 2.75) is 12.8 Å². The number of carbonyl (C=O) groups is 1. The molecule has 1 aliphatic rings. The average Bonchev–Trinajstić information content (AvgIpc) is 2.63. The van der Waals surface area contributed by atoms with Gasteiger partial charge >= 0.3 is 0 Å². The first-order valence-electron chi connectivity index (χ1n) is 7.90. The van der Waals surface area contributed by atoms with Crippen molar-refractivity contribution in [2.24, 2.45) is 0 Å². The Hall–Kier alpha value is -3.14. The van der Waals surface area contributed by atoms with Gasteiger partial charge in [-0.3, -0.25) is 9.78 Å². The molecular weight excluding hydrogens is 300 g/mol. The Labute approximate surface area is 140 Å². The molecule has 4 heteroatoms.